The molecule has 0 radical (unpaired) electrons. The van der Waals surface area contributed by atoms with Crippen molar-refractivity contribution in [1.82, 2.24) is 9.62 Å². The summed E-state index contributed by atoms with van der Waals surface area (Å²) in [6.45, 7) is 2.62. The van der Waals surface area contributed by atoms with Crippen molar-refractivity contribution in [2.24, 2.45) is 5.92 Å². The van der Waals surface area contributed by atoms with Gasteiger partial charge in [-0.25, -0.2) is 8.42 Å². The Kier molecular flexibility index (Phi) is 6.70. The molecule has 1 N–H and O–H groups in total. The lowest BCUT2D eigenvalue weighted by molar-refractivity contribution is -0.126. The molecule has 4 rings (SSSR count). The maximum Gasteiger partial charge on any atom is 0.243 e. The number of carbonyl (C=O) groups is 1. The Bertz CT molecular complexity index is 1050. The summed E-state index contributed by atoms with van der Waals surface area (Å²) in [5.74, 6) is -0.433. The molecule has 0 spiro atoms. The van der Waals surface area contributed by atoms with Gasteiger partial charge in [0.15, 0.2) is 0 Å². The van der Waals surface area contributed by atoms with Crippen molar-refractivity contribution in [1.29, 1.82) is 0 Å². The Morgan fingerprint density at radius 3 is 2.52 bits per heavy atom. The molecular formula is C24H29ClN2O3S. The molecule has 2 aliphatic rings. The van der Waals surface area contributed by atoms with Gasteiger partial charge in [0.2, 0.25) is 15.9 Å². The molecule has 0 unspecified atom stereocenters. The molecule has 5 nitrogen and oxygen atoms in total. The van der Waals surface area contributed by atoms with Crippen molar-refractivity contribution >= 4 is 27.5 Å². The zero-order chi connectivity index (χ0) is 22.0. The van der Waals surface area contributed by atoms with Crippen molar-refractivity contribution in [3.8, 4) is 0 Å². The van der Waals surface area contributed by atoms with Crippen molar-refractivity contribution in [2.45, 2.75) is 56.4 Å². The molecule has 1 aliphatic heterocycles. The maximum atomic E-state index is 13.0. The lowest BCUT2D eigenvalue weighted by Gasteiger charge is -2.32. The summed E-state index contributed by atoms with van der Waals surface area (Å²) in [5, 5.41) is 3.61. The summed E-state index contributed by atoms with van der Waals surface area (Å²) in [4.78, 5) is 13.2. The topological polar surface area (TPSA) is 66.5 Å². The smallest absolute Gasteiger partial charge is 0.243 e. The molecule has 1 fully saturated rings. The lowest BCUT2D eigenvalue weighted by atomic mass is 9.89. The minimum atomic E-state index is -3.64. The molecule has 2 atom stereocenters. The monoisotopic (exact) mass is 460 g/mol. The Hall–Kier alpha value is -1.89. The first kappa shape index (κ1) is 22.3. The fourth-order valence-electron chi connectivity index (χ4n) is 4.57. The summed E-state index contributed by atoms with van der Waals surface area (Å²) in [7, 11) is -3.64. The molecule has 31 heavy (non-hydrogen) atoms. The van der Waals surface area contributed by atoms with Crippen LogP contribution in [0.5, 0.6) is 0 Å². The van der Waals surface area contributed by atoms with E-state index in [0.29, 0.717) is 24.4 Å². The predicted octanol–water partition coefficient (Wildman–Crippen LogP) is 4.50. The number of piperidine rings is 1. The average Bonchev–Trinajstić information content (AvgIpc) is 2.79. The molecule has 7 heteroatoms. The number of carbonyl (C=O) groups excluding carboxylic acids is 1. The van der Waals surface area contributed by atoms with Gasteiger partial charge >= 0.3 is 0 Å². The first-order valence-electron chi connectivity index (χ1n) is 11.0. The number of nitrogens with one attached hydrogen (secondary N) is 1. The Balaban J connectivity index is 1.42. The van der Waals surface area contributed by atoms with Gasteiger partial charge in [-0.15, -0.1) is 0 Å². The van der Waals surface area contributed by atoms with Crippen LogP contribution in [0.3, 0.4) is 0 Å². The van der Waals surface area contributed by atoms with Crippen LogP contribution in [-0.4, -0.2) is 31.7 Å². The zero-order valence-corrected chi connectivity index (χ0v) is 19.4. The van der Waals surface area contributed by atoms with E-state index in [1.54, 1.807) is 12.1 Å². The summed E-state index contributed by atoms with van der Waals surface area (Å²) in [5.41, 5.74) is 3.92. The van der Waals surface area contributed by atoms with E-state index >= 15 is 0 Å². The summed E-state index contributed by atoms with van der Waals surface area (Å²) in [6, 6.07) is 12.6. The molecule has 2 aromatic rings. The summed E-state index contributed by atoms with van der Waals surface area (Å²) >= 11 is 5.89. The fraction of sp³-hybridized carbons (Fsp3) is 0.458. The first-order chi connectivity index (χ1) is 14.8. The Morgan fingerprint density at radius 2 is 1.77 bits per heavy atom. The van der Waals surface area contributed by atoms with Gasteiger partial charge in [0.05, 0.1) is 16.9 Å². The molecule has 1 heterocycles. The van der Waals surface area contributed by atoms with E-state index in [9.17, 15) is 13.2 Å². The van der Waals surface area contributed by atoms with E-state index in [1.165, 1.54) is 40.4 Å². The number of aryl methyl sites for hydroxylation is 2. The SMILES string of the molecule is C[C@@H](NC(=O)[C@H]1CCCN(S(=O)(=O)c2ccc(Cl)cc2)C1)c1ccc2c(c1)CCCC2. The fourth-order valence-corrected chi connectivity index (χ4v) is 6.22. The molecule has 1 saturated heterocycles. The average molecular weight is 461 g/mol. The van der Waals surface area contributed by atoms with Crippen molar-refractivity contribution in [3.05, 3.63) is 64.2 Å². The molecular weight excluding hydrogens is 432 g/mol. The van der Waals surface area contributed by atoms with E-state index in [-0.39, 0.29) is 29.3 Å². The quantitative estimate of drug-likeness (QED) is 0.714. The molecule has 1 amide bonds. The van der Waals surface area contributed by atoms with Crippen LogP contribution in [0.1, 0.15) is 55.3 Å². The van der Waals surface area contributed by atoms with Gasteiger partial charge < -0.3 is 5.32 Å². The van der Waals surface area contributed by atoms with Crippen LogP contribution in [0.4, 0.5) is 0 Å². The third-order valence-corrected chi connectivity index (χ3v) is 8.57. The molecule has 1 aliphatic carbocycles. The predicted molar refractivity (Wildman–Crippen MR) is 123 cm³/mol. The first-order valence-corrected chi connectivity index (χ1v) is 12.8. The maximum absolute atomic E-state index is 13.0. The largest absolute Gasteiger partial charge is 0.349 e. The van der Waals surface area contributed by atoms with Crippen LogP contribution in [0.2, 0.25) is 5.02 Å². The number of hydrogen-bond donors (Lipinski definition) is 1. The lowest BCUT2D eigenvalue weighted by Crippen LogP contribution is -2.45. The number of benzene rings is 2. The number of amides is 1. The van der Waals surface area contributed by atoms with E-state index in [2.05, 4.69) is 23.5 Å². The van der Waals surface area contributed by atoms with Crippen LogP contribution in [0, 0.1) is 5.92 Å². The number of rotatable bonds is 5. The molecule has 2 aromatic carbocycles. The standard InChI is InChI=1S/C24H29ClN2O3S/c1-17(19-9-8-18-5-2-3-6-20(18)15-19)26-24(28)21-7-4-14-27(16-21)31(29,30)23-12-10-22(25)11-13-23/h8-13,15,17,21H,2-7,14,16H2,1H3,(H,26,28)/t17-,21+/m1/s1. The third kappa shape index (κ3) is 4.97. The third-order valence-electron chi connectivity index (χ3n) is 6.44. The van der Waals surface area contributed by atoms with Crippen LogP contribution in [0.25, 0.3) is 0 Å². The van der Waals surface area contributed by atoms with Crippen LogP contribution < -0.4 is 5.32 Å². The van der Waals surface area contributed by atoms with Gasteiger partial charge in [-0.05, 0) is 86.4 Å². The molecule has 0 aromatic heterocycles. The minimum absolute atomic E-state index is 0.0822. The van der Waals surface area contributed by atoms with Gasteiger partial charge in [-0.1, -0.05) is 29.8 Å². The van der Waals surface area contributed by atoms with Gasteiger partial charge in [-0.2, -0.15) is 4.31 Å². The second-order valence-electron chi connectivity index (χ2n) is 8.62. The van der Waals surface area contributed by atoms with Gasteiger partial charge in [0.1, 0.15) is 0 Å². The van der Waals surface area contributed by atoms with E-state index in [1.807, 2.05) is 6.92 Å². The van der Waals surface area contributed by atoms with Gasteiger partial charge in [0.25, 0.3) is 0 Å². The van der Waals surface area contributed by atoms with E-state index in [0.717, 1.165) is 18.4 Å². The highest BCUT2D eigenvalue weighted by Gasteiger charge is 2.33. The van der Waals surface area contributed by atoms with Crippen molar-refractivity contribution in [2.75, 3.05) is 13.1 Å². The van der Waals surface area contributed by atoms with E-state index in [4.69, 9.17) is 11.6 Å². The highest BCUT2D eigenvalue weighted by Crippen LogP contribution is 2.27. The highest BCUT2D eigenvalue weighted by atomic mass is 35.5. The van der Waals surface area contributed by atoms with Crippen molar-refractivity contribution < 1.29 is 13.2 Å². The molecule has 166 valence electrons. The second kappa shape index (κ2) is 9.31. The number of sulfonamides is 1. The minimum Gasteiger partial charge on any atom is -0.349 e. The second-order valence-corrected chi connectivity index (χ2v) is 11.0. The van der Waals surface area contributed by atoms with Gasteiger partial charge in [-0.3, -0.25) is 4.79 Å². The highest BCUT2D eigenvalue weighted by molar-refractivity contribution is 7.89. The number of hydrogen-bond acceptors (Lipinski definition) is 3. The number of fused-ring (bicyclic) bond motifs is 1. The van der Waals surface area contributed by atoms with Crippen LogP contribution in [0.15, 0.2) is 47.4 Å². The number of nitrogens with zero attached hydrogens (tertiary/aromatic N) is 1. The summed E-state index contributed by atoms with van der Waals surface area (Å²) in [6.07, 6.45) is 6.06. The van der Waals surface area contributed by atoms with Gasteiger partial charge in [0, 0.05) is 18.1 Å². The molecule has 0 bridgehead atoms. The zero-order valence-electron chi connectivity index (χ0n) is 17.8. The number of halogens is 1. The normalized spacial score (nSPS) is 20.6. The van der Waals surface area contributed by atoms with E-state index < -0.39 is 10.0 Å². The van der Waals surface area contributed by atoms with Crippen LogP contribution >= 0.6 is 11.6 Å². The summed E-state index contributed by atoms with van der Waals surface area (Å²) < 4.78 is 27.4. The van der Waals surface area contributed by atoms with Crippen molar-refractivity contribution in [3.63, 3.8) is 0 Å². The molecule has 0 saturated carbocycles. The Labute approximate surface area is 189 Å². The Morgan fingerprint density at radius 1 is 1.06 bits per heavy atom. The van der Waals surface area contributed by atoms with Crippen LogP contribution in [-0.2, 0) is 27.7 Å².